The summed E-state index contributed by atoms with van der Waals surface area (Å²) in [5.74, 6) is -2.90. The van der Waals surface area contributed by atoms with E-state index in [9.17, 15) is 18.4 Å². The maximum atomic E-state index is 13.2. The lowest BCUT2D eigenvalue weighted by Gasteiger charge is -2.18. The molecule has 1 heterocycles. The van der Waals surface area contributed by atoms with E-state index in [2.05, 4.69) is 5.32 Å². The molecule has 1 N–H and O–H groups in total. The van der Waals surface area contributed by atoms with E-state index in [1.54, 1.807) is 24.3 Å². The van der Waals surface area contributed by atoms with E-state index in [4.69, 9.17) is 11.6 Å². The van der Waals surface area contributed by atoms with E-state index in [0.717, 1.165) is 12.1 Å². The summed E-state index contributed by atoms with van der Waals surface area (Å²) in [6, 6.07) is 9.60. The summed E-state index contributed by atoms with van der Waals surface area (Å²) in [4.78, 5) is 25.9. The van der Waals surface area contributed by atoms with Gasteiger partial charge in [-0.2, -0.15) is 0 Å². The first-order valence-corrected chi connectivity index (χ1v) is 7.63. The number of nitrogens with zero attached hydrogens (tertiary/aromatic N) is 1. The van der Waals surface area contributed by atoms with Crippen LogP contribution < -0.4 is 10.2 Å². The number of hydrogen-bond donors (Lipinski definition) is 1. The van der Waals surface area contributed by atoms with E-state index >= 15 is 0 Å². The molecular formula is C17H13ClF2N2O2. The monoisotopic (exact) mass is 350 g/mol. The van der Waals surface area contributed by atoms with Crippen molar-refractivity contribution in [3.63, 3.8) is 0 Å². The molecule has 1 aliphatic heterocycles. The number of amides is 2. The Morgan fingerprint density at radius 2 is 1.83 bits per heavy atom. The van der Waals surface area contributed by atoms with Gasteiger partial charge in [-0.3, -0.25) is 9.59 Å². The van der Waals surface area contributed by atoms with Crippen LogP contribution in [0.4, 0.5) is 20.2 Å². The molecule has 3 rings (SSSR count). The number of hydrogen-bond acceptors (Lipinski definition) is 2. The number of benzene rings is 2. The number of anilines is 2. The number of nitrogens with one attached hydrogen (secondary N) is 1. The second-order valence-electron chi connectivity index (χ2n) is 5.50. The minimum absolute atomic E-state index is 0.00878. The Kier molecular flexibility index (Phi) is 4.49. The van der Waals surface area contributed by atoms with Crippen molar-refractivity contribution in [2.75, 3.05) is 16.8 Å². The van der Waals surface area contributed by atoms with Gasteiger partial charge in [0.1, 0.15) is 11.6 Å². The minimum Gasteiger partial charge on any atom is -0.326 e. The van der Waals surface area contributed by atoms with Gasteiger partial charge >= 0.3 is 0 Å². The second kappa shape index (κ2) is 6.57. The van der Waals surface area contributed by atoms with Crippen molar-refractivity contribution in [1.82, 2.24) is 0 Å². The SMILES string of the molecule is O=C(Nc1cc(F)cc(F)c1)C1CC(=O)N(c2ccccc2Cl)C1. The van der Waals surface area contributed by atoms with E-state index in [1.807, 2.05) is 0 Å². The lowest BCUT2D eigenvalue weighted by atomic mass is 10.1. The van der Waals surface area contributed by atoms with Crippen LogP contribution >= 0.6 is 11.6 Å². The first-order chi connectivity index (χ1) is 11.4. The van der Waals surface area contributed by atoms with Crippen molar-refractivity contribution in [1.29, 1.82) is 0 Å². The van der Waals surface area contributed by atoms with Crippen molar-refractivity contribution in [3.05, 3.63) is 59.1 Å². The zero-order valence-electron chi connectivity index (χ0n) is 12.4. The van der Waals surface area contributed by atoms with Gasteiger partial charge in [0.2, 0.25) is 11.8 Å². The fourth-order valence-corrected chi connectivity index (χ4v) is 2.89. The highest BCUT2D eigenvalue weighted by Crippen LogP contribution is 2.31. The molecule has 4 nitrogen and oxygen atoms in total. The standard InChI is InChI=1S/C17H13ClF2N2O2/c18-14-3-1-2-4-15(14)22-9-10(5-16(22)23)17(24)21-13-7-11(19)6-12(20)8-13/h1-4,6-8,10H,5,9H2,(H,21,24). The van der Waals surface area contributed by atoms with Gasteiger partial charge in [0.05, 0.1) is 16.6 Å². The van der Waals surface area contributed by atoms with Gasteiger partial charge in [-0.15, -0.1) is 0 Å². The first-order valence-electron chi connectivity index (χ1n) is 7.26. The largest absolute Gasteiger partial charge is 0.326 e. The van der Waals surface area contributed by atoms with E-state index in [1.165, 1.54) is 4.90 Å². The highest BCUT2D eigenvalue weighted by Gasteiger charge is 2.35. The van der Waals surface area contributed by atoms with Crippen molar-refractivity contribution >= 4 is 34.8 Å². The minimum atomic E-state index is -0.787. The molecule has 1 unspecified atom stereocenters. The zero-order valence-corrected chi connectivity index (χ0v) is 13.2. The summed E-state index contributed by atoms with van der Waals surface area (Å²) in [5, 5.41) is 2.86. The molecule has 0 spiro atoms. The van der Waals surface area contributed by atoms with Gasteiger partial charge in [0.25, 0.3) is 0 Å². The van der Waals surface area contributed by atoms with E-state index in [-0.39, 0.29) is 24.6 Å². The van der Waals surface area contributed by atoms with Crippen LogP contribution in [0.3, 0.4) is 0 Å². The second-order valence-corrected chi connectivity index (χ2v) is 5.91. The maximum absolute atomic E-state index is 13.2. The average molecular weight is 351 g/mol. The van der Waals surface area contributed by atoms with Crippen LogP contribution in [0.15, 0.2) is 42.5 Å². The van der Waals surface area contributed by atoms with Crippen LogP contribution in [0, 0.1) is 17.6 Å². The molecule has 0 radical (unpaired) electrons. The topological polar surface area (TPSA) is 49.4 Å². The summed E-state index contributed by atoms with van der Waals surface area (Å²) < 4.78 is 26.4. The third-order valence-electron chi connectivity index (χ3n) is 3.77. The van der Waals surface area contributed by atoms with Crippen molar-refractivity contribution in [2.45, 2.75) is 6.42 Å². The van der Waals surface area contributed by atoms with Gasteiger partial charge in [-0.1, -0.05) is 23.7 Å². The number of carbonyl (C=O) groups is 2. The van der Waals surface area contributed by atoms with Crippen molar-refractivity contribution < 1.29 is 18.4 Å². The maximum Gasteiger partial charge on any atom is 0.229 e. The van der Waals surface area contributed by atoms with Crippen molar-refractivity contribution in [3.8, 4) is 0 Å². The molecule has 24 heavy (non-hydrogen) atoms. The summed E-state index contributed by atoms with van der Waals surface area (Å²) in [6.07, 6.45) is 0.00878. The van der Waals surface area contributed by atoms with Gasteiger partial charge in [-0.05, 0) is 24.3 Å². The highest BCUT2D eigenvalue weighted by molar-refractivity contribution is 6.33. The molecule has 7 heteroatoms. The summed E-state index contributed by atoms with van der Waals surface area (Å²) in [5.41, 5.74) is 0.553. The summed E-state index contributed by atoms with van der Waals surface area (Å²) in [6.45, 7) is 0.159. The summed E-state index contributed by atoms with van der Waals surface area (Å²) >= 11 is 6.08. The Balaban J connectivity index is 1.73. The van der Waals surface area contributed by atoms with E-state index < -0.39 is 23.5 Å². The number of carbonyl (C=O) groups excluding carboxylic acids is 2. The van der Waals surface area contributed by atoms with Crippen LogP contribution in [0.5, 0.6) is 0 Å². The Hall–Kier alpha value is -2.47. The normalized spacial score (nSPS) is 17.2. The Morgan fingerprint density at radius 3 is 2.50 bits per heavy atom. The number of rotatable bonds is 3. The molecule has 0 aromatic heterocycles. The van der Waals surface area contributed by atoms with Crippen LogP contribution in [-0.4, -0.2) is 18.4 Å². The summed E-state index contributed by atoms with van der Waals surface area (Å²) in [7, 11) is 0. The fourth-order valence-electron chi connectivity index (χ4n) is 2.66. The molecular weight excluding hydrogens is 338 g/mol. The van der Waals surface area contributed by atoms with E-state index in [0.29, 0.717) is 16.8 Å². The smallest absolute Gasteiger partial charge is 0.229 e. The molecule has 0 aliphatic carbocycles. The van der Waals surface area contributed by atoms with Gasteiger partial charge in [0, 0.05) is 24.7 Å². The Morgan fingerprint density at radius 1 is 1.17 bits per heavy atom. The predicted molar refractivity (Wildman–Crippen MR) is 86.9 cm³/mol. The van der Waals surface area contributed by atoms with Crippen LogP contribution in [-0.2, 0) is 9.59 Å². The number of halogens is 3. The van der Waals surface area contributed by atoms with Crippen LogP contribution in [0.25, 0.3) is 0 Å². The first kappa shape index (κ1) is 16.4. The molecule has 0 bridgehead atoms. The van der Waals surface area contributed by atoms with Gasteiger partial charge in [0.15, 0.2) is 0 Å². The molecule has 2 aromatic rings. The van der Waals surface area contributed by atoms with Crippen molar-refractivity contribution in [2.24, 2.45) is 5.92 Å². The fraction of sp³-hybridized carbons (Fsp3) is 0.176. The molecule has 1 atom stereocenters. The molecule has 2 amide bonds. The molecule has 1 fully saturated rings. The Bertz CT molecular complexity index is 793. The third kappa shape index (κ3) is 3.38. The van der Waals surface area contributed by atoms with Gasteiger partial charge in [-0.25, -0.2) is 8.78 Å². The number of para-hydroxylation sites is 1. The Labute approximate surface area is 142 Å². The third-order valence-corrected chi connectivity index (χ3v) is 4.09. The molecule has 2 aromatic carbocycles. The quantitative estimate of drug-likeness (QED) is 0.919. The lowest BCUT2D eigenvalue weighted by molar-refractivity contribution is -0.122. The highest BCUT2D eigenvalue weighted by atomic mass is 35.5. The predicted octanol–water partition coefficient (Wildman–Crippen LogP) is 3.61. The van der Waals surface area contributed by atoms with Crippen LogP contribution in [0.2, 0.25) is 5.02 Å². The molecule has 0 saturated carbocycles. The zero-order chi connectivity index (χ0) is 17.3. The lowest BCUT2D eigenvalue weighted by Crippen LogP contribution is -2.28. The molecule has 1 saturated heterocycles. The average Bonchev–Trinajstić information content (AvgIpc) is 2.88. The van der Waals surface area contributed by atoms with Gasteiger partial charge < -0.3 is 10.2 Å². The van der Waals surface area contributed by atoms with Crippen LogP contribution in [0.1, 0.15) is 6.42 Å². The molecule has 124 valence electrons. The molecule has 1 aliphatic rings.